The van der Waals surface area contributed by atoms with E-state index >= 15 is 0 Å². The van der Waals surface area contributed by atoms with Crippen LogP contribution >= 0.6 is 28.3 Å². The summed E-state index contributed by atoms with van der Waals surface area (Å²) in [6, 6.07) is 15.3. The van der Waals surface area contributed by atoms with E-state index in [1.165, 1.54) is 0 Å². The summed E-state index contributed by atoms with van der Waals surface area (Å²) >= 11 is 3.30. The van der Waals surface area contributed by atoms with Crippen molar-refractivity contribution in [2.24, 2.45) is 0 Å². The van der Waals surface area contributed by atoms with Crippen molar-refractivity contribution in [1.82, 2.24) is 15.3 Å². The summed E-state index contributed by atoms with van der Waals surface area (Å²) in [5.41, 5.74) is 1.28. The van der Waals surface area contributed by atoms with Crippen molar-refractivity contribution in [1.29, 1.82) is 0 Å². The molecule has 1 aliphatic heterocycles. The van der Waals surface area contributed by atoms with Gasteiger partial charge in [0.2, 0.25) is 5.95 Å². The topological polar surface area (TPSA) is 99.2 Å². The van der Waals surface area contributed by atoms with E-state index in [-0.39, 0.29) is 17.3 Å². The Morgan fingerprint density at radius 3 is 2.26 bits per heavy atom. The van der Waals surface area contributed by atoms with Gasteiger partial charge in [0.25, 0.3) is 10.0 Å². The molecule has 31 heavy (non-hydrogen) atoms. The molecule has 0 saturated carbocycles. The average molecular weight is 526 g/mol. The highest BCUT2D eigenvalue weighted by Crippen LogP contribution is 2.22. The maximum atomic E-state index is 12.5. The lowest BCUT2D eigenvalue weighted by atomic mass is 10.3. The lowest BCUT2D eigenvalue weighted by Crippen LogP contribution is -2.44. The minimum absolute atomic E-state index is 0. The van der Waals surface area contributed by atoms with E-state index in [9.17, 15) is 8.42 Å². The van der Waals surface area contributed by atoms with Gasteiger partial charge < -0.3 is 15.5 Å². The summed E-state index contributed by atoms with van der Waals surface area (Å²) in [5, 5.41) is 6.54. The zero-order valence-electron chi connectivity index (χ0n) is 16.5. The standard InChI is InChI=1S/C20H21BrN6O2S.ClH/c21-15-1-7-18(8-2-15)30(28,29)26-17-5-3-16(4-6-17)24-19-9-10-23-20(25-19)27-13-11-22-12-14-27;/h1-10,22,26H,11-14H2,(H,23,24,25);1H. The van der Waals surface area contributed by atoms with Gasteiger partial charge in [-0.25, -0.2) is 13.4 Å². The zero-order chi connectivity index (χ0) is 21.0. The van der Waals surface area contributed by atoms with Gasteiger partial charge >= 0.3 is 0 Å². The van der Waals surface area contributed by atoms with Crippen LogP contribution in [0.3, 0.4) is 0 Å². The second-order valence-corrected chi connectivity index (χ2v) is 9.34. The molecule has 1 aromatic heterocycles. The number of anilines is 4. The Labute approximate surface area is 196 Å². The fourth-order valence-corrected chi connectivity index (χ4v) is 4.36. The van der Waals surface area contributed by atoms with Crippen LogP contribution in [0.2, 0.25) is 0 Å². The molecule has 1 fully saturated rings. The first-order valence-electron chi connectivity index (χ1n) is 9.44. The Balaban J connectivity index is 0.00000272. The largest absolute Gasteiger partial charge is 0.340 e. The Bertz CT molecular complexity index is 1110. The molecular weight excluding hydrogens is 504 g/mol. The molecule has 0 bridgehead atoms. The molecule has 1 aliphatic rings. The summed E-state index contributed by atoms with van der Waals surface area (Å²) in [6.07, 6.45) is 1.73. The molecule has 0 atom stereocenters. The molecule has 1 saturated heterocycles. The smallest absolute Gasteiger partial charge is 0.261 e. The molecule has 3 N–H and O–H groups in total. The number of rotatable bonds is 6. The first-order chi connectivity index (χ1) is 14.5. The van der Waals surface area contributed by atoms with E-state index in [4.69, 9.17) is 0 Å². The SMILES string of the molecule is Cl.O=S(=O)(Nc1ccc(Nc2ccnc(N3CCNCC3)n2)cc1)c1ccc(Br)cc1. The van der Waals surface area contributed by atoms with Gasteiger partial charge in [0, 0.05) is 48.2 Å². The van der Waals surface area contributed by atoms with Gasteiger partial charge in [-0.05, 0) is 54.6 Å². The number of benzene rings is 2. The van der Waals surface area contributed by atoms with Gasteiger partial charge in [-0.1, -0.05) is 15.9 Å². The molecule has 0 spiro atoms. The summed E-state index contributed by atoms with van der Waals surface area (Å²) in [6.45, 7) is 3.57. The van der Waals surface area contributed by atoms with Crippen LogP contribution in [0.4, 0.5) is 23.1 Å². The number of sulfonamides is 1. The summed E-state index contributed by atoms with van der Waals surface area (Å²) in [7, 11) is -3.64. The number of nitrogens with one attached hydrogen (secondary N) is 3. The molecule has 4 rings (SSSR count). The van der Waals surface area contributed by atoms with Gasteiger partial charge in [-0.15, -0.1) is 12.4 Å². The number of piperazine rings is 1. The van der Waals surface area contributed by atoms with Gasteiger partial charge in [0.05, 0.1) is 4.90 Å². The molecule has 164 valence electrons. The van der Waals surface area contributed by atoms with Crippen LogP contribution in [-0.2, 0) is 10.0 Å². The van der Waals surface area contributed by atoms with Crippen LogP contribution in [0.1, 0.15) is 0 Å². The van der Waals surface area contributed by atoms with E-state index in [2.05, 4.69) is 46.2 Å². The molecule has 0 aliphatic carbocycles. The van der Waals surface area contributed by atoms with Crippen molar-refractivity contribution in [3.8, 4) is 0 Å². The quantitative estimate of drug-likeness (QED) is 0.452. The fraction of sp³-hybridized carbons (Fsp3) is 0.200. The maximum Gasteiger partial charge on any atom is 0.261 e. The zero-order valence-corrected chi connectivity index (χ0v) is 19.7. The third-order valence-electron chi connectivity index (χ3n) is 4.58. The molecule has 2 heterocycles. The van der Waals surface area contributed by atoms with Crippen LogP contribution in [0, 0.1) is 0 Å². The first kappa shape index (κ1) is 23.3. The Hall–Kier alpha value is -2.40. The van der Waals surface area contributed by atoms with Crippen LogP contribution < -0.4 is 20.3 Å². The van der Waals surface area contributed by atoms with E-state index in [1.807, 2.05) is 0 Å². The monoisotopic (exact) mass is 524 g/mol. The molecule has 0 amide bonds. The van der Waals surface area contributed by atoms with Crippen molar-refractivity contribution in [2.75, 3.05) is 41.1 Å². The third kappa shape index (κ3) is 6.07. The normalized spacial score (nSPS) is 13.9. The lowest BCUT2D eigenvalue weighted by molar-refractivity contribution is 0.580. The van der Waals surface area contributed by atoms with Gasteiger partial charge in [0.15, 0.2) is 0 Å². The van der Waals surface area contributed by atoms with Crippen molar-refractivity contribution < 1.29 is 8.42 Å². The number of halogens is 2. The first-order valence-corrected chi connectivity index (χ1v) is 11.7. The minimum atomic E-state index is -3.64. The van der Waals surface area contributed by atoms with Crippen molar-refractivity contribution >= 4 is 61.5 Å². The van der Waals surface area contributed by atoms with Crippen molar-refractivity contribution in [3.63, 3.8) is 0 Å². The number of hydrogen-bond donors (Lipinski definition) is 3. The van der Waals surface area contributed by atoms with Crippen molar-refractivity contribution in [2.45, 2.75) is 4.90 Å². The van der Waals surface area contributed by atoms with Crippen molar-refractivity contribution in [3.05, 3.63) is 65.3 Å². The number of nitrogens with zero attached hydrogens (tertiary/aromatic N) is 3. The molecule has 3 aromatic rings. The lowest BCUT2D eigenvalue weighted by Gasteiger charge is -2.27. The van der Waals surface area contributed by atoms with Gasteiger partial charge in [-0.3, -0.25) is 4.72 Å². The fourth-order valence-electron chi connectivity index (χ4n) is 3.03. The predicted molar refractivity (Wildman–Crippen MR) is 129 cm³/mol. The van der Waals surface area contributed by atoms with Gasteiger partial charge in [-0.2, -0.15) is 4.98 Å². The van der Waals surface area contributed by atoms with Crippen LogP contribution in [0.5, 0.6) is 0 Å². The van der Waals surface area contributed by atoms with Crippen LogP contribution in [0.15, 0.2) is 70.2 Å². The van der Waals surface area contributed by atoms with Gasteiger partial charge in [0.1, 0.15) is 5.82 Å². The Morgan fingerprint density at radius 1 is 0.935 bits per heavy atom. The maximum absolute atomic E-state index is 12.5. The summed E-state index contributed by atoms with van der Waals surface area (Å²) in [4.78, 5) is 11.3. The highest BCUT2D eigenvalue weighted by atomic mass is 79.9. The Kier molecular flexibility index (Phi) is 7.71. The summed E-state index contributed by atoms with van der Waals surface area (Å²) < 4.78 is 28.4. The molecule has 11 heteroatoms. The van der Waals surface area contributed by atoms with E-state index in [1.54, 1.807) is 60.8 Å². The summed E-state index contributed by atoms with van der Waals surface area (Å²) in [5.74, 6) is 1.38. The molecular formula is C20H22BrClN6O2S. The number of hydrogen-bond acceptors (Lipinski definition) is 7. The average Bonchev–Trinajstić information content (AvgIpc) is 2.76. The van der Waals surface area contributed by atoms with E-state index < -0.39 is 10.0 Å². The number of aromatic nitrogens is 2. The van der Waals surface area contributed by atoms with E-state index in [0.717, 1.165) is 36.3 Å². The second-order valence-electron chi connectivity index (χ2n) is 6.74. The molecule has 8 nitrogen and oxygen atoms in total. The minimum Gasteiger partial charge on any atom is -0.340 e. The van der Waals surface area contributed by atoms with Crippen LogP contribution in [-0.4, -0.2) is 44.6 Å². The molecule has 0 radical (unpaired) electrons. The second kappa shape index (κ2) is 10.3. The molecule has 0 unspecified atom stereocenters. The Morgan fingerprint density at radius 2 is 1.58 bits per heavy atom. The highest BCUT2D eigenvalue weighted by molar-refractivity contribution is 9.10. The highest BCUT2D eigenvalue weighted by Gasteiger charge is 2.15. The predicted octanol–water partition coefficient (Wildman–Crippen LogP) is 3.61. The molecule has 2 aromatic carbocycles. The van der Waals surface area contributed by atoms with E-state index in [0.29, 0.717) is 17.5 Å². The van der Waals surface area contributed by atoms with Crippen LogP contribution in [0.25, 0.3) is 0 Å². The third-order valence-corrected chi connectivity index (χ3v) is 6.50.